The SMILES string of the molecule is CC1=NC(=O)NC(c2ccc3c(c2)OCO3)C1C(=O)OCC(Cl)(Cl)Cl. The molecule has 2 amide bonds. The zero-order chi connectivity index (χ0) is 18.2. The van der Waals surface area contributed by atoms with Gasteiger partial charge in [-0.2, -0.15) is 0 Å². The number of carbonyl (C=O) groups is 2. The summed E-state index contributed by atoms with van der Waals surface area (Å²) in [5, 5.41) is 2.66. The molecule has 0 aromatic heterocycles. The number of hydrogen-bond acceptors (Lipinski definition) is 5. The molecule has 1 aromatic rings. The number of urea groups is 1. The van der Waals surface area contributed by atoms with Crippen LogP contribution in [0, 0.1) is 5.92 Å². The van der Waals surface area contributed by atoms with Crippen LogP contribution in [0.4, 0.5) is 4.79 Å². The van der Waals surface area contributed by atoms with Crippen LogP contribution in [0.2, 0.25) is 0 Å². The maximum absolute atomic E-state index is 12.5. The fourth-order valence-electron chi connectivity index (χ4n) is 2.65. The number of alkyl halides is 3. The van der Waals surface area contributed by atoms with Gasteiger partial charge in [-0.3, -0.25) is 4.79 Å². The highest BCUT2D eigenvalue weighted by Crippen LogP contribution is 2.37. The standard InChI is InChI=1S/C15H13Cl3N2O5/c1-7-11(13(21)23-5-15(16,17)18)12(20-14(22)19-7)8-2-3-9-10(4-8)25-6-24-9/h2-4,11-12H,5-6H2,1H3,(H,20,22). The van der Waals surface area contributed by atoms with Gasteiger partial charge in [0.1, 0.15) is 12.5 Å². The van der Waals surface area contributed by atoms with Gasteiger partial charge in [0.2, 0.25) is 10.6 Å². The van der Waals surface area contributed by atoms with Gasteiger partial charge >= 0.3 is 12.0 Å². The number of aliphatic imine (C=N–C) groups is 1. The number of benzene rings is 1. The second-order valence-corrected chi connectivity index (χ2v) is 8.01. The van der Waals surface area contributed by atoms with E-state index >= 15 is 0 Å². The summed E-state index contributed by atoms with van der Waals surface area (Å²) in [4.78, 5) is 28.1. The quantitative estimate of drug-likeness (QED) is 0.614. The van der Waals surface area contributed by atoms with Crippen molar-refractivity contribution in [3.8, 4) is 11.5 Å². The predicted molar refractivity (Wildman–Crippen MR) is 91.7 cm³/mol. The molecule has 2 unspecified atom stereocenters. The minimum absolute atomic E-state index is 0.116. The van der Waals surface area contributed by atoms with Gasteiger partial charge in [-0.05, 0) is 24.6 Å². The zero-order valence-electron chi connectivity index (χ0n) is 12.9. The summed E-state index contributed by atoms with van der Waals surface area (Å²) in [5.74, 6) is -0.396. The summed E-state index contributed by atoms with van der Waals surface area (Å²) in [7, 11) is 0. The van der Waals surface area contributed by atoms with Crippen LogP contribution in [-0.4, -0.2) is 34.9 Å². The van der Waals surface area contributed by atoms with E-state index in [0.29, 0.717) is 22.8 Å². The largest absolute Gasteiger partial charge is 0.461 e. The number of esters is 1. The van der Waals surface area contributed by atoms with Crippen molar-refractivity contribution in [1.82, 2.24) is 5.32 Å². The lowest BCUT2D eigenvalue weighted by Gasteiger charge is -2.30. The number of nitrogens with zero attached hydrogens (tertiary/aromatic N) is 1. The highest BCUT2D eigenvalue weighted by Gasteiger charge is 2.39. The minimum atomic E-state index is -1.73. The molecule has 0 bridgehead atoms. The lowest BCUT2D eigenvalue weighted by atomic mass is 9.88. The van der Waals surface area contributed by atoms with E-state index < -0.39 is 34.4 Å². The van der Waals surface area contributed by atoms with Crippen molar-refractivity contribution in [2.75, 3.05) is 13.4 Å². The van der Waals surface area contributed by atoms with Crippen LogP contribution in [0.25, 0.3) is 0 Å². The molecule has 0 radical (unpaired) electrons. The Morgan fingerprint density at radius 1 is 1.36 bits per heavy atom. The number of rotatable bonds is 3. The van der Waals surface area contributed by atoms with Crippen LogP contribution < -0.4 is 14.8 Å². The molecule has 1 aromatic carbocycles. The smallest absolute Gasteiger partial charge is 0.341 e. The molecule has 1 N–H and O–H groups in total. The Morgan fingerprint density at radius 3 is 2.80 bits per heavy atom. The van der Waals surface area contributed by atoms with Crippen LogP contribution in [-0.2, 0) is 9.53 Å². The third kappa shape index (κ3) is 4.11. The molecule has 2 atom stereocenters. The Labute approximate surface area is 158 Å². The Kier molecular flexibility index (Phi) is 4.99. The van der Waals surface area contributed by atoms with Crippen molar-refractivity contribution in [2.45, 2.75) is 16.8 Å². The first kappa shape index (κ1) is 18.1. The van der Waals surface area contributed by atoms with E-state index in [1.807, 2.05) is 0 Å². The molecule has 10 heteroatoms. The Bertz CT molecular complexity index is 747. The third-order valence-electron chi connectivity index (χ3n) is 3.73. The van der Waals surface area contributed by atoms with Gasteiger partial charge in [0.15, 0.2) is 11.5 Å². The number of halogens is 3. The summed E-state index contributed by atoms with van der Waals surface area (Å²) in [6.45, 7) is 1.27. The fourth-order valence-corrected chi connectivity index (χ4v) is 2.81. The predicted octanol–water partition coefficient (Wildman–Crippen LogP) is 3.17. The maximum Gasteiger partial charge on any atom is 0.341 e. The molecule has 0 aliphatic carbocycles. The van der Waals surface area contributed by atoms with Crippen LogP contribution in [0.1, 0.15) is 18.5 Å². The molecule has 0 spiro atoms. The number of fused-ring (bicyclic) bond motifs is 1. The van der Waals surface area contributed by atoms with Crippen LogP contribution in [0.3, 0.4) is 0 Å². The van der Waals surface area contributed by atoms with Gasteiger partial charge in [0, 0.05) is 5.71 Å². The highest BCUT2D eigenvalue weighted by molar-refractivity contribution is 6.67. The van der Waals surface area contributed by atoms with Gasteiger partial charge in [0.25, 0.3) is 0 Å². The molecular formula is C15H13Cl3N2O5. The molecule has 0 saturated heterocycles. The van der Waals surface area contributed by atoms with Crippen LogP contribution >= 0.6 is 34.8 Å². The molecule has 0 fully saturated rings. The maximum atomic E-state index is 12.5. The summed E-state index contributed by atoms with van der Waals surface area (Å²) < 4.78 is 13.9. The highest BCUT2D eigenvalue weighted by atomic mass is 35.6. The molecule has 2 aliphatic rings. The van der Waals surface area contributed by atoms with Gasteiger partial charge in [-0.25, -0.2) is 9.79 Å². The van der Waals surface area contributed by atoms with E-state index in [1.54, 1.807) is 25.1 Å². The van der Waals surface area contributed by atoms with Crippen LogP contribution in [0.5, 0.6) is 11.5 Å². The summed E-state index contributed by atoms with van der Waals surface area (Å²) in [6.07, 6.45) is 0. The molecule has 0 saturated carbocycles. The number of amides is 2. The Balaban J connectivity index is 1.88. The molecule has 3 rings (SSSR count). The van der Waals surface area contributed by atoms with Crippen molar-refractivity contribution in [3.05, 3.63) is 23.8 Å². The Hall–Kier alpha value is -1.70. The van der Waals surface area contributed by atoms with Crippen molar-refractivity contribution < 1.29 is 23.8 Å². The van der Waals surface area contributed by atoms with Gasteiger partial charge in [-0.1, -0.05) is 40.9 Å². The zero-order valence-corrected chi connectivity index (χ0v) is 15.2. The van der Waals surface area contributed by atoms with Crippen molar-refractivity contribution in [1.29, 1.82) is 0 Å². The molecule has 134 valence electrons. The molecule has 25 heavy (non-hydrogen) atoms. The lowest BCUT2D eigenvalue weighted by molar-refractivity contribution is -0.146. The minimum Gasteiger partial charge on any atom is -0.461 e. The van der Waals surface area contributed by atoms with E-state index in [0.717, 1.165) is 0 Å². The number of nitrogens with one attached hydrogen (secondary N) is 1. The number of ether oxygens (including phenoxy) is 3. The average molecular weight is 408 g/mol. The Morgan fingerprint density at radius 2 is 2.08 bits per heavy atom. The number of hydrogen-bond donors (Lipinski definition) is 1. The average Bonchev–Trinajstić information content (AvgIpc) is 2.98. The topological polar surface area (TPSA) is 86.2 Å². The summed E-state index contributed by atoms with van der Waals surface area (Å²) >= 11 is 16.8. The first-order valence-corrected chi connectivity index (χ1v) is 8.36. The first-order valence-electron chi connectivity index (χ1n) is 7.23. The fraction of sp³-hybridized carbons (Fsp3) is 0.400. The summed E-state index contributed by atoms with van der Waals surface area (Å²) in [5.41, 5.74) is 0.948. The van der Waals surface area contributed by atoms with E-state index in [9.17, 15) is 9.59 Å². The van der Waals surface area contributed by atoms with E-state index in [4.69, 9.17) is 49.0 Å². The van der Waals surface area contributed by atoms with Gasteiger partial charge in [-0.15, -0.1) is 0 Å². The van der Waals surface area contributed by atoms with Crippen LogP contribution in [0.15, 0.2) is 23.2 Å². The van der Waals surface area contributed by atoms with Crippen molar-refractivity contribution in [3.63, 3.8) is 0 Å². The van der Waals surface area contributed by atoms with E-state index in [2.05, 4.69) is 10.3 Å². The van der Waals surface area contributed by atoms with Gasteiger partial charge in [0.05, 0.1) is 6.04 Å². The lowest BCUT2D eigenvalue weighted by Crippen LogP contribution is -2.44. The normalized spacial score (nSPS) is 22.2. The third-order valence-corrected chi connectivity index (χ3v) is 4.06. The van der Waals surface area contributed by atoms with E-state index in [1.165, 1.54) is 0 Å². The first-order chi connectivity index (χ1) is 11.7. The molecular weight excluding hydrogens is 395 g/mol. The molecule has 7 nitrogen and oxygen atoms in total. The van der Waals surface area contributed by atoms with Crippen molar-refractivity contribution in [2.24, 2.45) is 10.9 Å². The monoisotopic (exact) mass is 406 g/mol. The van der Waals surface area contributed by atoms with Gasteiger partial charge < -0.3 is 19.5 Å². The molecule has 2 aliphatic heterocycles. The number of carbonyl (C=O) groups excluding carboxylic acids is 2. The second kappa shape index (κ2) is 6.90. The molecule has 2 heterocycles. The van der Waals surface area contributed by atoms with E-state index in [-0.39, 0.29) is 6.79 Å². The second-order valence-electron chi connectivity index (χ2n) is 5.49. The van der Waals surface area contributed by atoms with Crippen molar-refractivity contribution >= 4 is 52.5 Å². The summed E-state index contributed by atoms with van der Waals surface area (Å²) in [6, 6.07) is 3.88.